The fourth-order valence-electron chi connectivity index (χ4n) is 2.26. The summed E-state index contributed by atoms with van der Waals surface area (Å²) in [4.78, 5) is 27.6. The van der Waals surface area contributed by atoms with Crippen molar-refractivity contribution in [2.75, 3.05) is 13.7 Å². The van der Waals surface area contributed by atoms with E-state index in [9.17, 15) is 9.59 Å². The highest BCUT2D eigenvalue weighted by molar-refractivity contribution is 9.10. The maximum atomic E-state index is 12.4. The molecule has 0 aliphatic heterocycles. The number of halogens is 1. The zero-order valence-electron chi connectivity index (χ0n) is 14.5. The number of amides is 1. The number of rotatable bonds is 9. The monoisotopic (exact) mass is 420 g/mol. The van der Waals surface area contributed by atoms with Gasteiger partial charge >= 0.3 is 5.97 Å². The molecule has 0 aliphatic rings. The van der Waals surface area contributed by atoms with Crippen LogP contribution < -0.4 is 10.1 Å². The van der Waals surface area contributed by atoms with Crippen LogP contribution in [0.25, 0.3) is 0 Å². The first-order chi connectivity index (χ1) is 12.6. The number of pyridine rings is 1. The van der Waals surface area contributed by atoms with Gasteiger partial charge in [0.1, 0.15) is 11.3 Å². The SMILES string of the molecule is COC(=O)CCCCCNC(=O)c1cccnc1Oc1cccc(Br)c1. The second kappa shape index (κ2) is 10.6. The van der Waals surface area contributed by atoms with Crippen molar-refractivity contribution in [1.82, 2.24) is 10.3 Å². The number of carbonyl (C=O) groups is 2. The quantitative estimate of drug-likeness (QED) is 0.487. The zero-order chi connectivity index (χ0) is 18.8. The molecule has 0 atom stereocenters. The third-order valence-corrected chi connectivity index (χ3v) is 4.09. The van der Waals surface area contributed by atoms with Crippen LogP contribution in [0, 0.1) is 0 Å². The predicted molar refractivity (Wildman–Crippen MR) is 101 cm³/mol. The molecule has 0 aliphatic carbocycles. The molecule has 1 heterocycles. The number of esters is 1. The Balaban J connectivity index is 1.86. The van der Waals surface area contributed by atoms with Crippen molar-refractivity contribution < 1.29 is 19.1 Å². The lowest BCUT2D eigenvalue weighted by Crippen LogP contribution is -2.25. The molecule has 0 bridgehead atoms. The summed E-state index contributed by atoms with van der Waals surface area (Å²) < 4.78 is 11.2. The van der Waals surface area contributed by atoms with Crippen LogP contribution in [0.3, 0.4) is 0 Å². The lowest BCUT2D eigenvalue weighted by atomic mass is 10.2. The van der Waals surface area contributed by atoms with E-state index >= 15 is 0 Å². The van der Waals surface area contributed by atoms with E-state index in [0.717, 1.165) is 23.7 Å². The third-order valence-electron chi connectivity index (χ3n) is 3.60. The number of ether oxygens (including phenoxy) is 2. The van der Waals surface area contributed by atoms with Crippen molar-refractivity contribution in [3.8, 4) is 11.6 Å². The van der Waals surface area contributed by atoms with Gasteiger partial charge in [0.15, 0.2) is 0 Å². The van der Waals surface area contributed by atoms with E-state index in [1.54, 1.807) is 30.5 Å². The van der Waals surface area contributed by atoms with Gasteiger partial charge in [0.2, 0.25) is 5.88 Å². The topological polar surface area (TPSA) is 77.5 Å². The van der Waals surface area contributed by atoms with Crippen molar-refractivity contribution in [3.63, 3.8) is 0 Å². The number of nitrogens with one attached hydrogen (secondary N) is 1. The minimum atomic E-state index is -0.240. The van der Waals surface area contributed by atoms with E-state index in [1.807, 2.05) is 12.1 Å². The number of hydrogen-bond donors (Lipinski definition) is 1. The van der Waals surface area contributed by atoms with Gasteiger partial charge in [-0.25, -0.2) is 4.98 Å². The number of benzene rings is 1. The molecular formula is C19H21BrN2O4. The number of unbranched alkanes of at least 4 members (excludes halogenated alkanes) is 2. The molecule has 0 saturated carbocycles. The van der Waals surface area contributed by atoms with Crippen molar-refractivity contribution in [2.24, 2.45) is 0 Å². The summed E-state index contributed by atoms with van der Waals surface area (Å²) in [7, 11) is 1.38. The highest BCUT2D eigenvalue weighted by Gasteiger charge is 2.14. The van der Waals surface area contributed by atoms with Gasteiger partial charge in [0.05, 0.1) is 7.11 Å². The molecule has 0 spiro atoms. The summed E-state index contributed by atoms with van der Waals surface area (Å²) in [5.74, 6) is 0.401. The molecule has 1 N–H and O–H groups in total. The molecule has 1 aromatic heterocycles. The summed E-state index contributed by atoms with van der Waals surface area (Å²) in [5, 5.41) is 2.85. The van der Waals surface area contributed by atoms with Gasteiger partial charge < -0.3 is 14.8 Å². The van der Waals surface area contributed by atoms with E-state index in [0.29, 0.717) is 24.3 Å². The molecule has 26 heavy (non-hydrogen) atoms. The summed E-state index contributed by atoms with van der Waals surface area (Å²) in [6.45, 7) is 0.519. The minimum Gasteiger partial charge on any atom is -0.469 e. The molecule has 1 amide bonds. The van der Waals surface area contributed by atoms with Crippen molar-refractivity contribution in [3.05, 3.63) is 52.6 Å². The van der Waals surface area contributed by atoms with Crippen LogP contribution in [0.5, 0.6) is 11.6 Å². The summed E-state index contributed by atoms with van der Waals surface area (Å²) >= 11 is 3.38. The van der Waals surface area contributed by atoms with Gasteiger partial charge in [-0.05, 0) is 43.2 Å². The highest BCUT2D eigenvalue weighted by Crippen LogP contribution is 2.25. The second-order valence-electron chi connectivity index (χ2n) is 5.56. The normalized spacial score (nSPS) is 10.2. The van der Waals surface area contributed by atoms with Crippen LogP contribution >= 0.6 is 15.9 Å². The first kappa shape index (κ1) is 19.9. The summed E-state index contributed by atoms with van der Waals surface area (Å²) in [6.07, 6.45) is 4.34. The van der Waals surface area contributed by atoms with E-state index in [4.69, 9.17) is 4.74 Å². The van der Waals surface area contributed by atoms with Gasteiger partial charge in [-0.3, -0.25) is 9.59 Å². The van der Waals surface area contributed by atoms with E-state index in [2.05, 4.69) is 31.0 Å². The van der Waals surface area contributed by atoms with Crippen LogP contribution in [0.4, 0.5) is 0 Å². The molecule has 1 aromatic carbocycles. The Labute approximate surface area is 161 Å². The Morgan fingerprint density at radius 1 is 1.15 bits per heavy atom. The molecule has 0 radical (unpaired) electrons. The highest BCUT2D eigenvalue weighted by atomic mass is 79.9. The molecule has 2 aromatic rings. The van der Waals surface area contributed by atoms with Gasteiger partial charge in [-0.2, -0.15) is 0 Å². The van der Waals surface area contributed by atoms with E-state index < -0.39 is 0 Å². The van der Waals surface area contributed by atoms with Gasteiger partial charge in [-0.1, -0.05) is 28.4 Å². The Bertz CT molecular complexity index is 752. The fraction of sp³-hybridized carbons (Fsp3) is 0.316. The Kier molecular flexibility index (Phi) is 8.08. The average Bonchev–Trinajstić information content (AvgIpc) is 2.64. The Hall–Kier alpha value is -2.41. The number of aromatic nitrogens is 1. The summed E-state index contributed by atoms with van der Waals surface area (Å²) in [6, 6.07) is 10.7. The smallest absolute Gasteiger partial charge is 0.305 e. The van der Waals surface area contributed by atoms with Crippen molar-refractivity contribution >= 4 is 27.8 Å². The number of methoxy groups -OCH3 is 1. The standard InChI is InChI=1S/C19H21BrN2O4/c1-25-17(23)10-3-2-4-11-21-18(24)16-9-6-12-22-19(16)26-15-8-5-7-14(20)13-15/h5-9,12-13H,2-4,10-11H2,1H3,(H,21,24). The number of nitrogens with zero attached hydrogens (tertiary/aromatic N) is 1. The molecule has 7 heteroatoms. The predicted octanol–water partition coefficient (Wildman–Crippen LogP) is 4.10. The van der Waals surface area contributed by atoms with Crippen LogP contribution in [-0.4, -0.2) is 30.5 Å². The van der Waals surface area contributed by atoms with Gasteiger partial charge in [-0.15, -0.1) is 0 Å². The first-order valence-electron chi connectivity index (χ1n) is 8.33. The van der Waals surface area contributed by atoms with Crippen LogP contribution in [-0.2, 0) is 9.53 Å². The number of hydrogen-bond acceptors (Lipinski definition) is 5. The fourth-order valence-corrected chi connectivity index (χ4v) is 2.64. The number of carbonyl (C=O) groups excluding carboxylic acids is 2. The molecule has 138 valence electrons. The van der Waals surface area contributed by atoms with Crippen LogP contribution in [0.1, 0.15) is 36.0 Å². The third kappa shape index (κ3) is 6.48. The molecule has 0 saturated heterocycles. The van der Waals surface area contributed by atoms with E-state index in [1.165, 1.54) is 7.11 Å². The van der Waals surface area contributed by atoms with Gasteiger partial charge in [0, 0.05) is 23.6 Å². The van der Waals surface area contributed by atoms with Crippen LogP contribution in [0.2, 0.25) is 0 Å². The second-order valence-corrected chi connectivity index (χ2v) is 6.47. The van der Waals surface area contributed by atoms with Crippen molar-refractivity contribution in [2.45, 2.75) is 25.7 Å². The Morgan fingerprint density at radius 3 is 2.77 bits per heavy atom. The maximum absolute atomic E-state index is 12.4. The molecule has 6 nitrogen and oxygen atoms in total. The average molecular weight is 421 g/mol. The van der Waals surface area contributed by atoms with Gasteiger partial charge in [0.25, 0.3) is 5.91 Å². The zero-order valence-corrected chi connectivity index (χ0v) is 16.1. The lowest BCUT2D eigenvalue weighted by Gasteiger charge is -2.10. The van der Waals surface area contributed by atoms with Crippen molar-refractivity contribution in [1.29, 1.82) is 0 Å². The minimum absolute atomic E-state index is 0.210. The molecular weight excluding hydrogens is 400 g/mol. The first-order valence-corrected chi connectivity index (χ1v) is 9.13. The summed E-state index contributed by atoms with van der Waals surface area (Å²) in [5.41, 5.74) is 0.377. The molecule has 0 unspecified atom stereocenters. The molecule has 0 fully saturated rings. The Morgan fingerprint density at radius 2 is 2.00 bits per heavy atom. The molecule has 2 rings (SSSR count). The maximum Gasteiger partial charge on any atom is 0.305 e. The van der Waals surface area contributed by atoms with Crippen LogP contribution in [0.15, 0.2) is 47.1 Å². The van der Waals surface area contributed by atoms with E-state index in [-0.39, 0.29) is 17.8 Å². The lowest BCUT2D eigenvalue weighted by molar-refractivity contribution is -0.140. The largest absolute Gasteiger partial charge is 0.469 e.